The van der Waals surface area contributed by atoms with Gasteiger partial charge in [-0.25, -0.2) is 4.98 Å². The number of aromatic nitrogens is 2. The van der Waals surface area contributed by atoms with Crippen molar-refractivity contribution >= 4 is 11.8 Å². The molecule has 92 valence electrons. The quantitative estimate of drug-likeness (QED) is 0.814. The van der Waals surface area contributed by atoms with Crippen LogP contribution in [0.15, 0.2) is 12.3 Å². The maximum atomic E-state index is 8.66. The van der Waals surface area contributed by atoms with E-state index in [4.69, 9.17) is 5.26 Å². The summed E-state index contributed by atoms with van der Waals surface area (Å²) in [7, 11) is 0. The molecule has 0 aromatic carbocycles. The first kappa shape index (κ1) is 13.2. The van der Waals surface area contributed by atoms with Crippen molar-refractivity contribution < 1.29 is 0 Å². The zero-order chi connectivity index (χ0) is 12.7. The van der Waals surface area contributed by atoms with Crippen molar-refractivity contribution in [3.63, 3.8) is 0 Å². The summed E-state index contributed by atoms with van der Waals surface area (Å²) >= 11 is 0. The summed E-state index contributed by atoms with van der Waals surface area (Å²) < 4.78 is 0. The summed E-state index contributed by atoms with van der Waals surface area (Å²) in [5.74, 6) is 1.49. The van der Waals surface area contributed by atoms with Crippen molar-refractivity contribution in [1.82, 2.24) is 9.97 Å². The van der Waals surface area contributed by atoms with Gasteiger partial charge in [0.1, 0.15) is 5.82 Å². The lowest BCUT2D eigenvalue weighted by atomic mass is 10.3. The molecule has 1 rings (SSSR count). The normalized spacial score (nSPS) is 10.1. The summed E-state index contributed by atoms with van der Waals surface area (Å²) in [6, 6.07) is 4.35. The van der Waals surface area contributed by atoms with Crippen LogP contribution in [0.5, 0.6) is 0 Å². The standard InChI is InChI=1S/C12H19N5/c1-4-14-12-15-8-6-11(16-12)17(10(2)3)9-5-7-13/h6,8,10H,4-5,9H2,1-3H3,(H,14,15,16). The highest BCUT2D eigenvalue weighted by Gasteiger charge is 2.12. The summed E-state index contributed by atoms with van der Waals surface area (Å²) in [5, 5.41) is 11.7. The van der Waals surface area contributed by atoms with Gasteiger partial charge in [0.2, 0.25) is 5.95 Å². The average molecular weight is 233 g/mol. The second-order valence-corrected chi connectivity index (χ2v) is 3.96. The van der Waals surface area contributed by atoms with Crippen LogP contribution in [0.3, 0.4) is 0 Å². The third kappa shape index (κ3) is 3.91. The molecule has 5 nitrogen and oxygen atoms in total. The fraction of sp³-hybridized carbons (Fsp3) is 0.583. The number of hydrogen-bond donors (Lipinski definition) is 1. The predicted octanol–water partition coefficient (Wildman–Crippen LogP) is 2.04. The van der Waals surface area contributed by atoms with E-state index in [2.05, 4.69) is 40.1 Å². The van der Waals surface area contributed by atoms with E-state index in [1.807, 2.05) is 13.0 Å². The number of nitriles is 1. The Hall–Kier alpha value is -1.83. The fourth-order valence-corrected chi connectivity index (χ4v) is 1.56. The van der Waals surface area contributed by atoms with Crippen molar-refractivity contribution in [3.05, 3.63) is 12.3 Å². The van der Waals surface area contributed by atoms with Crippen LogP contribution in [0.25, 0.3) is 0 Å². The molecule has 17 heavy (non-hydrogen) atoms. The van der Waals surface area contributed by atoms with Gasteiger partial charge in [-0.05, 0) is 26.8 Å². The van der Waals surface area contributed by atoms with Gasteiger partial charge in [0.25, 0.3) is 0 Å². The van der Waals surface area contributed by atoms with Crippen LogP contribution in [0.1, 0.15) is 27.2 Å². The molecular weight excluding hydrogens is 214 g/mol. The van der Waals surface area contributed by atoms with Gasteiger partial charge in [0.15, 0.2) is 0 Å². The largest absolute Gasteiger partial charge is 0.354 e. The Kier molecular flexibility index (Phi) is 5.21. The van der Waals surface area contributed by atoms with Crippen molar-refractivity contribution in [1.29, 1.82) is 5.26 Å². The van der Waals surface area contributed by atoms with E-state index in [0.29, 0.717) is 25.0 Å². The molecule has 1 heterocycles. The van der Waals surface area contributed by atoms with E-state index in [1.165, 1.54) is 0 Å². The van der Waals surface area contributed by atoms with Crippen molar-refractivity contribution in [3.8, 4) is 6.07 Å². The molecule has 0 aliphatic rings. The number of nitrogens with one attached hydrogen (secondary N) is 1. The molecule has 0 bridgehead atoms. The summed E-state index contributed by atoms with van der Waals surface area (Å²) in [6.07, 6.45) is 2.24. The molecule has 0 spiro atoms. The lowest BCUT2D eigenvalue weighted by Crippen LogP contribution is -2.32. The van der Waals surface area contributed by atoms with Crippen LogP contribution in [-0.2, 0) is 0 Å². The van der Waals surface area contributed by atoms with E-state index in [9.17, 15) is 0 Å². The van der Waals surface area contributed by atoms with Crippen LogP contribution in [0.4, 0.5) is 11.8 Å². The van der Waals surface area contributed by atoms with Gasteiger partial charge in [-0.15, -0.1) is 0 Å². The molecule has 0 amide bonds. The van der Waals surface area contributed by atoms with Crippen molar-refractivity contribution in [2.24, 2.45) is 0 Å². The summed E-state index contributed by atoms with van der Waals surface area (Å²) in [5.41, 5.74) is 0. The van der Waals surface area contributed by atoms with Gasteiger partial charge in [0, 0.05) is 25.3 Å². The molecule has 1 aromatic rings. The highest BCUT2D eigenvalue weighted by molar-refractivity contribution is 5.43. The Morgan fingerprint density at radius 1 is 1.53 bits per heavy atom. The van der Waals surface area contributed by atoms with Crippen LogP contribution in [-0.4, -0.2) is 29.1 Å². The predicted molar refractivity (Wildman–Crippen MR) is 68.9 cm³/mol. The molecule has 1 N–H and O–H groups in total. The molecule has 0 saturated carbocycles. The Bertz CT molecular complexity index is 383. The van der Waals surface area contributed by atoms with Crippen molar-refractivity contribution in [2.45, 2.75) is 33.2 Å². The molecule has 0 unspecified atom stereocenters. The third-order valence-corrected chi connectivity index (χ3v) is 2.36. The van der Waals surface area contributed by atoms with Crippen LogP contribution < -0.4 is 10.2 Å². The molecule has 0 fully saturated rings. The fourth-order valence-electron chi connectivity index (χ4n) is 1.56. The molecule has 5 heteroatoms. The van der Waals surface area contributed by atoms with Crippen molar-refractivity contribution in [2.75, 3.05) is 23.3 Å². The minimum Gasteiger partial charge on any atom is -0.354 e. The van der Waals surface area contributed by atoms with Crippen LogP contribution in [0.2, 0.25) is 0 Å². The molecule has 1 aromatic heterocycles. The zero-order valence-electron chi connectivity index (χ0n) is 10.6. The van der Waals surface area contributed by atoms with Crippen LogP contribution >= 0.6 is 0 Å². The van der Waals surface area contributed by atoms with Gasteiger partial charge in [-0.1, -0.05) is 0 Å². The minimum atomic E-state index is 0.313. The second-order valence-electron chi connectivity index (χ2n) is 3.96. The Morgan fingerprint density at radius 3 is 2.88 bits per heavy atom. The molecule has 0 saturated heterocycles. The van der Waals surface area contributed by atoms with E-state index < -0.39 is 0 Å². The monoisotopic (exact) mass is 233 g/mol. The van der Waals surface area contributed by atoms with Gasteiger partial charge >= 0.3 is 0 Å². The zero-order valence-corrected chi connectivity index (χ0v) is 10.6. The van der Waals surface area contributed by atoms with Gasteiger partial charge < -0.3 is 10.2 Å². The molecular formula is C12H19N5. The highest BCUT2D eigenvalue weighted by atomic mass is 15.2. The number of nitrogens with zero attached hydrogens (tertiary/aromatic N) is 4. The first-order valence-corrected chi connectivity index (χ1v) is 5.89. The number of hydrogen-bond acceptors (Lipinski definition) is 5. The van der Waals surface area contributed by atoms with E-state index >= 15 is 0 Å². The van der Waals surface area contributed by atoms with Gasteiger partial charge in [0.05, 0.1) is 12.5 Å². The highest BCUT2D eigenvalue weighted by Crippen LogP contribution is 2.15. The van der Waals surface area contributed by atoms with E-state index in [-0.39, 0.29) is 0 Å². The maximum absolute atomic E-state index is 8.66. The smallest absolute Gasteiger partial charge is 0.224 e. The second kappa shape index (κ2) is 6.69. The lowest BCUT2D eigenvalue weighted by molar-refractivity contribution is 0.676. The molecule has 0 aliphatic carbocycles. The first-order chi connectivity index (χ1) is 8.19. The summed E-state index contributed by atoms with van der Waals surface area (Å²) in [6.45, 7) is 7.67. The van der Waals surface area contributed by atoms with E-state index in [1.54, 1.807) is 6.20 Å². The summed E-state index contributed by atoms with van der Waals surface area (Å²) in [4.78, 5) is 10.7. The Morgan fingerprint density at radius 2 is 2.29 bits per heavy atom. The third-order valence-electron chi connectivity index (χ3n) is 2.36. The SMILES string of the molecule is CCNc1nccc(N(CCC#N)C(C)C)n1. The van der Waals surface area contributed by atoms with Gasteiger partial charge in [-0.2, -0.15) is 10.2 Å². The number of rotatable bonds is 6. The average Bonchev–Trinajstić information content (AvgIpc) is 2.30. The molecule has 0 radical (unpaired) electrons. The molecule has 0 atom stereocenters. The topological polar surface area (TPSA) is 64.8 Å². The van der Waals surface area contributed by atoms with Crippen LogP contribution in [0, 0.1) is 11.3 Å². The minimum absolute atomic E-state index is 0.313. The Balaban J connectivity index is 2.86. The first-order valence-electron chi connectivity index (χ1n) is 5.89. The van der Waals surface area contributed by atoms with E-state index in [0.717, 1.165) is 12.4 Å². The maximum Gasteiger partial charge on any atom is 0.224 e. The van der Waals surface area contributed by atoms with Gasteiger partial charge in [-0.3, -0.25) is 0 Å². The molecule has 0 aliphatic heterocycles. The lowest BCUT2D eigenvalue weighted by Gasteiger charge is -2.27. The Labute approximate surface area is 102 Å². The number of anilines is 2.